The van der Waals surface area contributed by atoms with Gasteiger partial charge in [-0.25, -0.2) is 0 Å². The third-order valence-corrected chi connectivity index (χ3v) is 9.19. The number of nitrogens with one attached hydrogen (secondary N) is 1. The van der Waals surface area contributed by atoms with Gasteiger partial charge in [-0.15, -0.1) is 0 Å². The molecule has 1 unspecified atom stereocenters. The second kappa shape index (κ2) is 14.2. The summed E-state index contributed by atoms with van der Waals surface area (Å²) in [6.07, 6.45) is -3.95. The molecular weight excluding hydrogens is 677 g/mol. The van der Waals surface area contributed by atoms with Crippen molar-refractivity contribution >= 4 is 27.6 Å². The molecule has 0 bridgehead atoms. The number of nitrogens with zero attached hydrogens (tertiary/aromatic N) is 1. The Morgan fingerprint density at radius 2 is 1.49 bits per heavy atom. The van der Waals surface area contributed by atoms with Crippen molar-refractivity contribution in [3.8, 4) is 22.5 Å². The molecule has 1 aromatic heterocycles. The fraction of sp³-hybridized carbons (Fsp3) is 0.243. The number of benzene rings is 4. The van der Waals surface area contributed by atoms with Gasteiger partial charge in [0.05, 0.1) is 17.0 Å². The van der Waals surface area contributed by atoms with E-state index in [1.54, 1.807) is 30.3 Å². The van der Waals surface area contributed by atoms with Crippen LogP contribution < -0.4 is 5.32 Å². The number of rotatable bonds is 10. The van der Waals surface area contributed by atoms with E-state index >= 15 is 0 Å². The molecule has 0 aliphatic heterocycles. The van der Waals surface area contributed by atoms with E-state index in [4.69, 9.17) is 20.7 Å². The number of carbonyl (C=O) groups is 1. The zero-order valence-corrected chi connectivity index (χ0v) is 28.5. The molecule has 0 aliphatic carbocycles. The van der Waals surface area contributed by atoms with Crippen molar-refractivity contribution in [2.45, 2.75) is 44.7 Å². The predicted octanol–water partition coefficient (Wildman–Crippen LogP) is 8.97. The molecule has 1 atom stereocenters. The van der Waals surface area contributed by atoms with Crippen LogP contribution in [0.1, 0.15) is 65.0 Å². The van der Waals surface area contributed by atoms with Gasteiger partial charge in [-0.3, -0.25) is 9.35 Å². The van der Waals surface area contributed by atoms with Crippen LogP contribution in [0.3, 0.4) is 0 Å². The highest BCUT2D eigenvalue weighted by molar-refractivity contribution is 7.85. The van der Waals surface area contributed by atoms with E-state index in [0.717, 1.165) is 28.8 Å². The standard InChI is InChI=1S/C37H34ClF3N2O5S/c1-36(2,3)28-13-8-25(9-14-28)31(20-23-4-6-26(7-5-23)35(44)42-18-19-49(45,46)47)33-22-34(48-43-33)27-12-17-32(38)30(21-27)24-10-15-29(16-11-24)37(39,40)41/h4-17,21-22,31H,18-20H2,1-3H3,(H,42,44)(H,45,46,47). The van der Waals surface area contributed by atoms with Gasteiger partial charge in [-0.2, -0.15) is 21.6 Å². The SMILES string of the molecule is CC(C)(C)c1ccc(C(Cc2ccc(C(=O)NCCS(=O)(=O)O)cc2)c2cc(-c3ccc(Cl)c(-c4ccc(C(F)(F)F)cc4)c3)on2)cc1. The quantitative estimate of drug-likeness (QED) is 0.140. The number of aromatic nitrogens is 1. The number of amides is 1. The van der Waals surface area contributed by atoms with Crippen molar-refractivity contribution in [3.05, 3.63) is 136 Å². The lowest BCUT2D eigenvalue weighted by Gasteiger charge is -2.21. The Labute approximate surface area is 287 Å². The Bertz CT molecular complexity index is 2040. The highest BCUT2D eigenvalue weighted by Crippen LogP contribution is 2.37. The van der Waals surface area contributed by atoms with Crippen LogP contribution >= 0.6 is 11.6 Å². The van der Waals surface area contributed by atoms with Gasteiger partial charge < -0.3 is 9.84 Å². The van der Waals surface area contributed by atoms with E-state index in [9.17, 15) is 26.4 Å². The third-order valence-electron chi connectivity index (χ3n) is 8.14. The number of hydrogen-bond acceptors (Lipinski definition) is 5. The van der Waals surface area contributed by atoms with Crippen molar-refractivity contribution in [2.24, 2.45) is 0 Å². The molecule has 2 N–H and O–H groups in total. The van der Waals surface area contributed by atoms with Gasteiger partial charge in [0.2, 0.25) is 0 Å². The summed E-state index contributed by atoms with van der Waals surface area (Å²) in [5.41, 5.74) is 4.94. The van der Waals surface area contributed by atoms with Gasteiger partial charge in [0.25, 0.3) is 16.0 Å². The van der Waals surface area contributed by atoms with Crippen LogP contribution in [-0.4, -0.2) is 36.3 Å². The van der Waals surface area contributed by atoms with E-state index in [1.165, 1.54) is 12.1 Å². The van der Waals surface area contributed by atoms with Crippen LogP contribution in [0.4, 0.5) is 13.2 Å². The van der Waals surface area contributed by atoms with Crippen molar-refractivity contribution < 1.29 is 35.5 Å². The van der Waals surface area contributed by atoms with Crippen molar-refractivity contribution in [3.63, 3.8) is 0 Å². The molecule has 0 fully saturated rings. The lowest BCUT2D eigenvalue weighted by Crippen LogP contribution is -2.28. The highest BCUT2D eigenvalue weighted by atomic mass is 35.5. The Kier molecular flexibility index (Phi) is 10.4. The molecule has 0 spiro atoms. The molecule has 1 amide bonds. The molecule has 0 aliphatic rings. The normalized spacial score (nSPS) is 12.9. The molecule has 7 nitrogen and oxygen atoms in total. The second-order valence-corrected chi connectivity index (χ2v) is 14.7. The van der Waals surface area contributed by atoms with E-state index in [-0.39, 0.29) is 17.9 Å². The maximum Gasteiger partial charge on any atom is 0.416 e. The second-order valence-electron chi connectivity index (χ2n) is 12.8. The zero-order chi connectivity index (χ0) is 35.6. The van der Waals surface area contributed by atoms with Gasteiger partial charge in [-0.1, -0.05) is 86.1 Å². The average Bonchev–Trinajstić information content (AvgIpc) is 3.53. The summed E-state index contributed by atoms with van der Waals surface area (Å²) < 4.78 is 76.0. The van der Waals surface area contributed by atoms with Gasteiger partial charge >= 0.3 is 6.18 Å². The number of alkyl halides is 3. The minimum Gasteiger partial charge on any atom is -0.356 e. The summed E-state index contributed by atoms with van der Waals surface area (Å²) in [5, 5.41) is 7.28. The highest BCUT2D eigenvalue weighted by Gasteiger charge is 2.30. The lowest BCUT2D eigenvalue weighted by atomic mass is 9.83. The van der Waals surface area contributed by atoms with Crippen LogP contribution in [0, 0.1) is 0 Å². The maximum atomic E-state index is 13.1. The fourth-order valence-corrected chi connectivity index (χ4v) is 5.95. The van der Waals surface area contributed by atoms with Crippen LogP contribution in [0.25, 0.3) is 22.5 Å². The fourth-order valence-electron chi connectivity index (χ4n) is 5.36. The monoisotopic (exact) mass is 710 g/mol. The molecular formula is C37H34ClF3N2O5S. The molecule has 0 saturated heterocycles. The number of hydrogen-bond donors (Lipinski definition) is 2. The first-order valence-corrected chi connectivity index (χ1v) is 17.3. The van der Waals surface area contributed by atoms with Crippen molar-refractivity contribution in [2.75, 3.05) is 12.3 Å². The van der Waals surface area contributed by atoms with E-state index in [2.05, 4.69) is 55.5 Å². The Hall–Kier alpha value is -4.45. The number of carbonyl (C=O) groups excluding carboxylic acids is 1. The Balaban J connectivity index is 1.43. The van der Waals surface area contributed by atoms with E-state index in [0.29, 0.717) is 45.2 Å². The lowest BCUT2D eigenvalue weighted by molar-refractivity contribution is -0.137. The predicted molar refractivity (Wildman–Crippen MR) is 183 cm³/mol. The molecule has 1 heterocycles. The van der Waals surface area contributed by atoms with Crippen molar-refractivity contribution in [1.82, 2.24) is 10.5 Å². The van der Waals surface area contributed by atoms with Gasteiger partial charge in [-0.05, 0) is 76.6 Å². The minimum atomic E-state index is -4.45. The average molecular weight is 711 g/mol. The van der Waals surface area contributed by atoms with Crippen molar-refractivity contribution in [1.29, 1.82) is 0 Å². The van der Waals surface area contributed by atoms with Crippen LogP contribution in [0.15, 0.2) is 102 Å². The van der Waals surface area contributed by atoms with Gasteiger partial charge in [0.1, 0.15) is 0 Å². The molecule has 49 heavy (non-hydrogen) atoms. The summed E-state index contributed by atoms with van der Waals surface area (Å²) >= 11 is 6.46. The van der Waals surface area contributed by atoms with Crippen LogP contribution in [-0.2, 0) is 28.1 Å². The van der Waals surface area contributed by atoms with Crippen LogP contribution in [0.2, 0.25) is 5.02 Å². The zero-order valence-electron chi connectivity index (χ0n) is 26.9. The summed E-state index contributed by atoms with van der Waals surface area (Å²) in [6.45, 7) is 6.18. The summed E-state index contributed by atoms with van der Waals surface area (Å²) in [6, 6.07) is 27.0. The summed E-state index contributed by atoms with van der Waals surface area (Å²) in [5.74, 6) is -0.849. The Morgan fingerprint density at radius 1 is 0.878 bits per heavy atom. The Morgan fingerprint density at radius 3 is 2.08 bits per heavy atom. The topological polar surface area (TPSA) is 110 Å². The first kappa shape index (κ1) is 35.8. The first-order chi connectivity index (χ1) is 23.0. The van der Waals surface area contributed by atoms with E-state index < -0.39 is 33.5 Å². The molecule has 256 valence electrons. The van der Waals surface area contributed by atoms with Gasteiger partial charge in [0, 0.05) is 40.2 Å². The molecule has 5 rings (SSSR count). The first-order valence-electron chi connectivity index (χ1n) is 15.3. The van der Waals surface area contributed by atoms with Crippen LogP contribution in [0.5, 0.6) is 0 Å². The third kappa shape index (κ3) is 9.17. The molecule has 0 radical (unpaired) electrons. The smallest absolute Gasteiger partial charge is 0.356 e. The minimum absolute atomic E-state index is 0.0494. The largest absolute Gasteiger partial charge is 0.416 e. The molecule has 12 heteroatoms. The maximum absolute atomic E-state index is 13.1. The molecule has 4 aromatic carbocycles. The summed E-state index contributed by atoms with van der Waals surface area (Å²) in [4.78, 5) is 12.5. The molecule has 0 saturated carbocycles. The summed E-state index contributed by atoms with van der Waals surface area (Å²) in [7, 11) is -4.19. The number of halogens is 4. The van der Waals surface area contributed by atoms with Gasteiger partial charge in [0.15, 0.2) is 5.76 Å². The molecule has 5 aromatic rings. The van der Waals surface area contributed by atoms with E-state index in [1.807, 2.05) is 18.2 Å².